The first kappa shape index (κ1) is 12.5. The summed E-state index contributed by atoms with van der Waals surface area (Å²) in [5, 5.41) is 11.8. The van der Waals surface area contributed by atoms with E-state index >= 15 is 0 Å². The van der Waals surface area contributed by atoms with E-state index in [1.807, 2.05) is 30.3 Å². The molecule has 1 saturated carbocycles. The molecule has 0 saturated heterocycles. The van der Waals surface area contributed by atoms with Crippen molar-refractivity contribution in [3.8, 4) is 11.3 Å². The Bertz CT molecular complexity index is 538. The van der Waals surface area contributed by atoms with Crippen molar-refractivity contribution >= 4 is 0 Å². The van der Waals surface area contributed by atoms with Gasteiger partial charge in [0.15, 0.2) is 5.76 Å². The van der Waals surface area contributed by atoms with Gasteiger partial charge in [-0.1, -0.05) is 24.3 Å². The van der Waals surface area contributed by atoms with Crippen LogP contribution in [-0.4, -0.2) is 11.1 Å². The molecule has 1 heterocycles. The van der Waals surface area contributed by atoms with E-state index in [0.717, 1.165) is 35.2 Å². The highest BCUT2D eigenvalue weighted by Crippen LogP contribution is 2.24. The first-order valence-electron chi connectivity index (χ1n) is 6.93. The van der Waals surface area contributed by atoms with Crippen molar-refractivity contribution in [2.45, 2.75) is 38.5 Å². The van der Waals surface area contributed by atoms with Crippen molar-refractivity contribution in [3.63, 3.8) is 0 Å². The molecule has 1 aromatic heterocycles. The second-order valence-electron chi connectivity index (χ2n) is 5.34. The standard InChI is InChI=1S/C16H19NO2/c1-11(18)12-2-4-13(5-3-12)16-9-8-15(19-16)10-17-14-6-7-14/h2-5,8-9,11,14,17-18H,6-7,10H2,1H3/p+1/t11-/m1/s1. The zero-order valence-corrected chi connectivity index (χ0v) is 11.2. The van der Waals surface area contributed by atoms with E-state index in [0.29, 0.717) is 0 Å². The summed E-state index contributed by atoms with van der Waals surface area (Å²) in [5.74, 6) is 1.93. The summed E-state index contributed by atoms with van der Waals surface area (Å²) in [6.45, 7) is 2.70. The molecule has 19 heavy (non-hydrogen) atoms. The van der Waals surface area contributed by atoms with Gasteiger partial charge in [-0.15, -0.1) is 0 Å². The van der Waals surface area contributed by atoms with E-state index in [2.05, 4.69) is 11.4 Å². The van der Waals surface area contributed by atoms with Crippen LogP contribution in [0, 0.1) is 0 Å². The van der Waals surface area contributed by atoms with E-state index in [1.165, 1.54) is 12.8 Å². The van der Waals surface area contributed by atoms with E-state index in [9.17, 15) is 5.11 Å². The zero-order chi connectivity index (χ0) is 13.2. The molecule has 3 rings (SSSR count). The first-order valence-corrected chi connectivity index (χ1v) is 6.93. The van der Waals surface area contributed by atoms with Crippen LogP contribution in [-0.2, 0) is 6.54 Å². The minimum atomic E-state index is -0.422. The number of aliphatic hydroxyl groups is 1. The van der Waals surface area contributed by atoms with E-state index < -0.39 is 6.10 Å². The van der Waals surface area contributed by atoms with Crippen LogP contribution in [0.5, 0.6) is 0 Å². The Morgan fingerprint density at radius 1 is 1.21 bits per heavy atom. The van der Waals surface area contributed by atoms with Crippen molar-refractivity contribution in [3.05, 3.63) is 47.7 Å². The van der Waals surface area contributed by atoms with E-state index in [-0.39, 0.29) is 0 Å². The maximum absolute atomic E-state index is 9.49. The maximum atomic E-state index is 9.49. The van der Waals surface area contributed by atoms with Gasteiger partial charge in [-0.25, -0.2) is 0 Å². The Kier molecular flexibility index (Phi) is 3.40. The van der Waals surface area contributed by atoms with Gasteiger partial charge >= 0.3 is 0 Å². The molecule has 3 N–H and O–H groups in total. The highest BCUT2D eigenvalue weighted by molar-refractivity contribution is 5.58. The van der Waals surface area contributed by atoms with Gasteiger partial charge in [0.1, 0.15) is 12.3 Å². The number of hydrogen-bond acceptors (Lipinski definition) is 2. The van der Waals surface area contributed by atoms with Gasteiger partial charge in [0.05, 0.1) is 12.1 Å². The predicted molar refractivity (Wildman–Crippen MR) is 73.4 cm³/mol. The van der Waals surface area contributed by atoms with Crippen LogP contribution in [0.3, 0.4) is 0 Å². The summed E-state index contributed by atoms with van der Waals surface area (Å²) in [6.07, 6.45) is 2.26. The van der Waals surface area contributed by atoms with Gasteiger partial charge in [-0.3, -0.25) is 0 Å². The molecule has 2 aromatic rings. The molecule has 0 amide bonds. The van der Waals surface area contributed by atoms with Crippen LogP contribution in [0.2, 0.25) is 0 Å². The molecule has 100 valence electrons. The average molecular weight is 258 g/mol. The molecule has 1 fully saturated rings. The summed E-state index contributed by atoms with van der Waals surface area (Å²) in [4.78, 5) is 0. The van der Waals surface area contributed by atoms with Crippen molar-refractivity contribution in [1.82, 2.24) is 0 Å². The zero-order valence-electron chi connectivity index (χ0n) is 11.2. The second-order valence-corrected chi connectivity index (χ2v) is 5.34. The average Bonchev–Trinajstić information content (AvgIpc) is 3.13. The first-order chi connectivity index (χ1) is 9.22. The number of nitrogens with two attached hydrogens (primary N) is 1. The molecule has 1 aliphatic rings. The van der Waals surface area contributed by atoms with Crippen molar-refractivity contribution in [2.75, 3.05) is 0 Å². The maximum Gasteiger partial charge on any atom is 0.158 e. The van der Waals surface area contributed by atoms with Gasteiger partial charge < -0.3 is 14.8 Å². The Morgan fingerprint density at radius 3 is 2.58 bits per heavy atom. The topological polar surface area (TPSA) is 50.0 Å². The summed E-state index contributed by atoms with van der Waals surface area (Å²) < 4.78 is 5.85. The summed E-state index contributed by atoms with van der Waals surface area (Å²) in [5.41, 5.74) is 1.99. The predicted octanol–water partition coefficient (Wildman–Crippen LogP) is 2.23. The van der Waals surface area contributed by atoms with Crippen LogP contribution in [0.15, 0.2) is 40.8 Å². The van der Waals surface area contributed by atoms with Crippen molar-refractivity contribution in [2.24, 2.45) is 0 Å². The number of aliphatic hydroxyl groups excluding tert-OH is 1. The fourth-order valence-electron chi connectivity index (χ4n) is 2.18. The second kappa shape index (κ2) is 5.19. The summed E-state index contributed by atoms with van der Waals surface area (Å²) >= 11 is 0. The fourth-order valence-corrected chi connectivity index (χ4v) is 2.18. The third-order valence-corrected chi connectivity index (χ3v) is 3.61. The monoisotopic (exact) mass is 258 g/mol. The van der Waals surface area contributed by atoms with Crippen LogP contribution >= 0.6 is 0 Å². The third kappa shape index (κ3) is 3.06. The van der Waals surface area contributed by atoms with E-state index in [1.54, 1.807) is 6.92 Å². The van der Waals surface area contributed by atoms with Crippen LogP contribution in [0.1, 0.15) is 37.2 Å². The lowest BCUT2D eigenvalue weighted by atomic mass is 10.1. The Balaban J connectivity index is 1.70. The number of rotatable bonds is 5. The summed E-state index contributed by atoms with van der Waals surface area (Å²) in [6, 6.07) is 12.8. The molecular formula is C16H20NO2+. The number of benzene rings is 1. The molecule has 1 atom stereocenters. The van der Waals surface area contributed by atoms with Gasteiger partial charge in [-0.05, 0) is 24.6 Å². The number of furan rings is 1. The van der Waals surface area contributed by atoms with Gasteiger partial charge in [0.2, 0.25) is 0 Å². The quantitative estimate of drug-likeness (QED) is 0.864. The fraction of sp³-hybridized carbons (Fsp3) is 0.375. The van der Waals surface area contributed by atoms with Gasteiger partial charge in [0.25, 0.3) is 0 Å². The minimum Gasteiger partial charge on any atom is -0.455 e. The third-order valence-electron chi connectivity index (χ3n) is 3.61. The Hall–Kier alpha value is -1.58. The summed E-state index contributed by atoms with van der Waals surface area (Å²) in [7, 11) is 0. The molecule has 0 aliphatic heterocycles. The molecule has 1 aliphatic carbocycles. The number of quaternary nitrogens is 1. The lowest BCUT2D eigenvalue weighted by molar-refractivity contribution is -0.685. The molecule has 0 bridgehead atoms. The van der Waals surface area contributed by atoms with Crippen molar-refractivity contribution in [1.29, 1.82) is 0 Å². The normalized spacial score (nSPS) is 16.5. The lowest BCUT2D eigenvalue weighted by Crippen LogP contribution is -2.84. The molecule has 0 unspecified atom stereocenters. The smallest absolute Gasteiger partial charge is 0.158 e. The van der Waals surface area contributed by atoms with Crippen LogP contribution in [0.4, 0.5) is 0 Å². The largest absolute Gasteiger partial charge is 0.455 e. The van der Waals surface area contributed by atoms with Gasteiger partial charge in [0, 0.05) is 18.4 Å². The molecule has 3 heteroatoms. The lowest BCUT2D eigenvalue weighted by Gasteiger charge is -2.04. The Labute approximate surface area is 113 Å². The SMILES string of the molecule is C[C@@H](O)c1ccc(-c2ccc(C[NH2+]C3CC3)o2)cc1. The number of hydrogen-bond donors (Lipinski definition) is 2. The molecule has 3 nitrogen and oxygen atoms in total. The van der Waals surface area contributed by atoms with E-state index in [4.69, 9.17) is 4.42 Å². The molecule has 1 aromatic carbocycles. The van der Waals surface area contributed by atoms with Crippen molar-refractivity contribution < 1.29 is 14.8 Å². The molecular weight excluding hydrogens is 238 g/mol. The molecule has 0 spiro atoms. The Morgan fingerprint density at radius 2 is 1.95 bits per heavy atom. The van der Waals surface area contributed by atoms with Gasteiger partial charge in [-0.2, -0.15) is 0 Å². The van der Waals surface area contributed by atoms with Crippen LogP contribution < -0.4 is 5.32 Å². The highest BCUT2D eigenvalue weighted by Gasteiger charge is 2.25. The highest BCUT2D eigenvalue weighted by atomic mass is 16.3. The molecule has 0 radical (unpaired) electrons. The minimum absolute atomic E-state index is 0.422. The van der Waals surface area contributed by atoms with Crippen LogP contribution in [0.25, 0.3) is 11.3 Å².